The number of nitrogens with zero attached hydrogens (tertiary/aromatic N) is 4. The number of aromatic nitrogens is 4. The van der Waals surface area contributed by atoms with Gasteiger partial charge in [-0.25, -0.2) is 18.3 Å². The Morgan fingerprint density at radius 3 is 2.57 bits per heavy atom. The van der Waals surface area contributed by atoms with Gasteiger partial charge in [0.2, 0.25) is 5.88 Å². The van der Waals surface area contributed by atoms with Crippen LogP contribution in [0.25, 0.3) is 5.69 Å². The second-order valence-electron chi connectivity index (χ2n) is 8.82. The van der Waals surface area contributed by atoms with Crippen molar-refractivity contribution in [1.29, 1.82) is 0 Å². The molecule has 11 heteroatoms. The topological polar surface area (TPSA) is 100 Å². The number of para-hydroxylation sites is 1. The zero-order valence-electron chi connectivity index (χ0n) is 20.4. The zero-order valence-corrected chi connectivity index (χ0v) is 20.4. The Morgan fingerprint density at radius 1 is 1.14 bits per heavy atom. The number of amides is 2. The van der Waals surface area contributed by atoms with Crippen LogP contribution in [-0.2, 0) is 0 Å². The van der Waals surface area contributed by atoms with Gasteiger partial charge in [0.1, 0.15) is 23.3 Å². The fraction of sp³-hybridized carbons (Fsp3) is 0.269. The van der Waals surface area contributed by atoms with E-state index in [1.54, 1.807) is 10.9 Å². The molecule has 2 atom stereocenters. The van der Waals surface area contributed by atoms with Crippen molar-refractivity contribution >= 4 is 17.7 Å². The molecule has 2 aromatic heterocycles. The third-order valence-electron chi connectivity index (χ3n) is 6.37. The first kappa shape index (κ1) is 24.3. The molecule has 37 heavy (non-hydrogen) atoms. The first-order chi connectivity index (χ1) is 17.9. The number of carbonyl (C=O) groups is 1. The summed E-state index contributed by atoms with van der Waals surface area (Å²) in [5.74, 6) is -0.0534. The Hall–Kier alpha value is -4.41. The first-order valence-electron chi connectivity index (χ1n) is 12.0. The molecule has 192 valence electrons. The van der Waals surface area contributed by atoms with Gasteiger partial charge in [-0.3, -0.25) is 10.4 Å². The average molecular weight is 508 g/mol. The van der Waals surface area contributed by atoms with E-state index in [0.717, 1.165) is 17.6 Å². The lowest BCUT2D eigenvalue weighted by Gasteiger charge is -2.21. The minimum absolute atomic E-state index is 0.363. The quantitative estimate of drug-likeness (QED) is 0.345. The second kappa shape index (κ2) is 10.3. The molecule has 5 rings (SSSR count). The van der Waals surface area contributed by atoms with E-state index in [-0.39, 0.29) is 5.92 Å². The van der Waals surface area contributed by atoms with Gasteiger partial charge in [0, 0.05) is 31.1 Å². The highest BCUT2D eigenvalue weighted by atomic mass is 19.1. The molecule has 1 aliphatic heterocycles. The number of rotatable bonds is 7. The normalized spacial score (nSPS) is 17.1. The summed E-state index contributed by atoms with van der Waals surface area (Å²) in [5.41, 5.74) is 1.90. The number of hydrogen-bond donors (Lipinski definition) is 3. The van der Waals surface area contributed by atoms with Gasteiger partial charge in [0.25, 0.3) is 0 Å². The number of ether oxygens (including phenoxy) is 1. The van der Waals surface area contributed by atoms with Crippen molar-refractivity contribution in [3.8, 4) is 11.6 Å². The van der Waals surface area contributed by atoms with E-state index in [1.165, 1.54) is 12.1 Å². The van der Waals surface area contributed by atoms with E-state index >= 15 is 0 Å². The Labute approximate surface area is 212 Å². The summed E-state index contributed by atoms with van der Waals surface area (Å²) in [6.45, 7) is 4.96. The molecule has 1 aliphatic rings. The number of nitrogens with one attached hydrogen (secondary N) is 3. The lowest BCUT2D eigenvalue weighted by molar-refractivity contribution is 0.248. The summed E-state index contributed by atoms with van der Waals surface area (Å²) in [6, 6.07) is 13.7. The number of aromatic amines is 1. The third kappa shape index (κ3) is 5.11. The van der Waals surface area contributed by atoms with Gasteiger partial charge in [0.15, 0.2) is 0 Å². The van der Waals surface area contributed by atoms with Crippen molar-refractivity contribution in [3.05, 3.63) is 83.6 Å². The molecule has 0 saturated carbocycles. The summed E-state index contributed by atoms with van der Waals surface area (Å²) in [5, 5.41) is 17.3. The predicted octanol–water partition coefficient (Wildman–Crippen LogP) is 4.37. The van der Waals surface area contributed by atoms with Gasteiger partial charge in [-0.15, -0.1) is 5.10 Å². The second-order valence-corrected chi connectivity index (χ2v) is 8.82. The van der Waals surface area contributed by atoms with Gasteiger partial charge < -0.3 is 15.0 Å². The van der Waals surface area contributed by atoms with Crippen molar-refractivity contribution < 1.29 is 18.3 Å². The SMILES string of the molecule is CCOc1nn(-c2ccccc2)c(NC(=O)NC2CN(c3ccn[nH]3)CC2c2cc(F)cc(F)c2)c1C. The maximum absolute atomic E-state index is 14.1. The molecule has 3 N–H and O–H groups in total. The van der Waals surface area contributed by atoms with Crippen LogP contribution in [0.15, 0.2) is 60.8 Å². The monoisotopic (exact) mass is 507 g/mol. The summed E-state index contributed by atoms with van der Waals surface area (Å²) >= 11 is 0. The maximum atomic E-state index is 14.1. The Morgan fingerprint density at radius 2 is 1.89 bits per heavy atom. The number of halogens is 2. The minimum atomic E-state index is -0.663. The van der Waals surface area contributed by atoms with E-state index in [0.29, 0.717) is 42.5 Å². The lowest BCUT2D eigenvalue weighted by atomic mass is 9.94. The maximum Gasteiger partial charge on any atom is 0.320 e. The van der Waals surface area contributed by atoms with Crippen LogP contribution in [0.1, 0.15) is 24.0 Å². The highest BCUT2D eigenvalue weighted by Gasteiger charge is 2.36. The number of urea groups is 1. The number of anilines is 2. The summed E-state index contributed by atoms with van der Waals surface area (Å²) < 4.78 is 35.4. The first-order valence-corrected chi connectivity index (χ1v) is 12.0. The van der Waals surface area contributed by atoms with Crippen molar-refractivity contribution in [2.24, 2.45) is 0 Å². The predicted molar refractivity (Wildman–Crippen MR) is 135 cm³/mol. The van der Waals surface area contributed by atoms with Crippen LogP contribution in [0.2, 0.25) is 0 Å². The molecule has 1 saturated heterocycles. The number of benzene rings is 2. The standard InChI is InChI=1S/C26H27F2N7O2/c1-3-37-25-16(2)24(35(33-25)20-7-5-4-6-8-20)31-26(36)30-22-15-34(23-9-10-29-32-23)14-21(22)17-11-18(27)13-19(28)12-17/h4-13,21-22H,3,14-15H2,1-2H3,(H,29,32)(H2,30,31,36). The van der Waals surface area contributed by atoms with Gasteiger partial charge in [-0.2, -0.15) is 5.10 Å². The molecule has 4 aromatic rings. The lowest BCUT2D eigenvalue weighted by Crippen LogP contribution is -2.42. The molecule has 3 heterocycles. The fourth-order valence-corrected chi connectivity index (χ4v) is 4.66. The number of hydrogen-bond acceptors (Lipinski definition) is 5. The molecule has 0 bridgehead atoms. The molecule has 9 nitrogen and oxygen atoms in total. The van der Waals surface area contributed by atoms with Crippen molar-refractivity contribution in [3.63, 3.8) is 0 Å². The Bertz CT molecular complexity index is 1360. The summed E-state index contributed by atoms with van der Waals surface area (Å²) in [4.78, 5) is 15.3. The summed E-state index contributed by atoms with van der Waals surface area (Å²) in [7, 11) is 0. The van der Waals surface area contributed by atoms with Crippen molar-refractivity contribution in [2.45, 2.75) is 25.8 Å². The molecule has 0 aliphatic carbocycles. The largest absolute Gasteiger partial charge is 0.477 e. The highest BCUT2D eigenvalue weighted by Crippen LogP contribution is 2.32. The Balaban J connectivity index is 1.41. The third-order valence-corrected chi connectivity index (χ3v) is 6.37. The molecule has 0 spiro atoms. The molecule has 2 aromatic carbocycles. The van der Waals surface area contributed by atoms with E-state index in [9.17, 15) is 13.6 Å². The van der Waals surface area contributed by atoms with E-state index in [2.05, 4.69) is 25.9 Å². The van der Waals surface area contributed by atoms with E-state index in [1.807, 2.05) is 55.1 Å². The molecule has 0 radical (unpaired) electrons. The van der Waals surface area contributed by atoms with Gasteiger partial charge >= 0.3 is 6.03 Å². The molecular weight excluding hydrogens is 480 g/mol. The molecule has 1 fully saturated rings. The van der Waals surface area contributed by atoms with Crippen LogP contribution in [0.5, 0.6) is 5.88 Å². The van der Waals surface area contributed by atoms with Gasteiger partial charge in [0.05, 0.1) is 30.1 Å². The smallest absolute Gasteiger partial charge is 0.320 e. The summed E-state index contributed by atoms with van der Waals surface area (Å²) in [6.07, 6.45) is 1.63. The van der Waals surface area contributed by atoms with Gasteiger partial charge in [-0.1, -0.05) is 18.2 Å². The fourth-order valence-electron chi connectivity index (χ4n) is 4.66. The van der Waals surface area contributed by atoms with Crippen molar-refractivity contribution in [2.75, 3.05) is 29.9 Å². The molecule has 2 unspecified atom stereocenters. The number of H-pyrrole nitrogens is 1. The van der Waals surface area contributed by atoms with Crippen LogP contribution < -0.4 is 20.3 Å². The van der Waals surface area contributed by atoms with Crippen LogP contribution in [0.4, 0.5) is 25.2 Å². The van der Waals surface area contributed by atoms with Crippen LogP contribution >= 0.6 is 0 Å². The van der Waals surface area contributed by atoms with Crippen LogP contribution in [0, 0.1) is 18.6 Å². The number of carbonyl (C=O) groups excluding carboxylic acids is 1. The van der Waals surface area contributed by atoms with E-state index in [4.69, 9.17) is 4.74 Å². The average Bonchev–Trinajstić information content (AvgIpc) is 3.61. The van der Waals surface area contributed by atoms with Gasteiger partial charge in [-0.05, 0) is 43.7 Å². The van der Waals surface area contributed by atoms with Crippen LogP contribution in [-0.4, -0.2) is 51.7 Å². The Kier molecular flexibility index (Phi) is 6.76. The minimum Gasteiger partial charge on any atom is -0.477 e. The van der Waals surface area contributed by atoms with Crippen molar-refractivity contribution in [1.82, 2.24) is 25.3 Å². The van der Waals surface area contributed by atoms with E-state index < -0.39 is 23.7 Å². The molecule has 2 amide bonds. The highest BCUT2D eigenvalue weighted by molar-refractivity contribution is 5.90. The zero-order chi connectivity index (χ0) is 25.9. The molecular formula is C26H27F2N7O2. The van der Waals surface area contributed by atoms with Crippen LogP contribution in [0.3, 0.4) is 0 Å².